The van der Waals surface area contributed by atoms with Crippen LogP contribution >= 0.6 is 0 Å². The second-order valence-electron chi connectivity index (χ2n) is 4.02. The van der Waals surface area contributed by atoms with Gasteiger partial charge in [-0.15, -0.1) is 0 Å². The smallest absolute Gasteiger partial charge is 0.303 e. The van der Waals surface area contributed by atoms with Crippen LogP contribution in [0.4, 0.5) is 0 Å². The van der Waals surface area contributed by atoms with Crippen molar-refractivity contribution in [1.82, 2.24) is 5.32 Å². The van der Waals surface area contributed by atoms with Gasteiger partial charge in [-0.25, -0.2) is 0 Å². The van der Waals surface area contributed by atoms with Crippen LogP contribution in [0.25, 0.3) is 0 Å². The summed E-state index contributed by atoms with van der Waals surface area (Å²) in [5, 5.41) is 11.7. The van der Waals surface area contributed by atoms with E-state index in [4.69, 9.17) is 10.8 Å². The number of carbonyl (C=O) groups is 2. The minimum atomic E-state index is -0.799. The average molecular weight is 230 g/mol. The van der Waals surface area contributed by atoms with Gasteiger partial charge in [0.05, 0.1) is 6.04 Å². The summed E-state index contributed by atoms with van der Waals surface area (Å²) in [7, 11) is 0. The maximum absolute atomic E-state index is 11.0. The number of carbonyl (C=O) groups excluding carboxylic acids is 1. The molecule has 0 aromatic carbocycles. The highest BCUT2D eigenvalue weighted by molar-refractivity contribution is 5.79. The summed E-state index contributed by atoms with van der Waals surface area (Å²) in [6.45, 7) is 4.41. The number of carboxylic acids is 1. The lowest BCUT2D eigenvalue weighted by molar-refractivity contribution is -0.138. The van der Waals surface area contributed by atoms with Crippen molar-refractivity contribution in [1.29, 1.82) is 0 Å². The summed E-state index contributed by atoms with van der Waals surface area (Å²) in [6.07, 6.45) is 2.54. The molecular formula is C11H22N2O3. The predicted molar refractivity (Wildman–Crippen MR) is 61.9 cm³/mol. The molecule has 0 aromatic rings. The summed E-state index contributed by atoms with van der Waals surface area (Å²) in [6, 6.07) is -0.354. The molecule has 0 fully saturated rings. The molecule has 0 radical (unpaired) electrons. The van der Waals surface area contributed by atoms with Gasteiger partial charge in [-0.2, -0.15) is 0 Å². The van der Waals surface area contributed by atoms with E-state index in [1.54, 1.807) is 0 Å². The number of amides is 1. The van der Waals surface area contributed by atoms with Gasteiger partial charge in [0.25, 0.3) is 0 Å². The van der Waals surface area contributed by atoms with Crippen molar-refractivity contribution < 1.29 is 14.7 Å². The van der Waals surface area contributed by atoms with Crippen molar-refractivity contribution in [2.75, 3.05) is 6.54 Å². The van der Waals surface area contributed by atoms with Gasteiger partial charge in [0.15, 0.2) is 0 Å². The first kappa shape index (κ1) is 14.9. The van der Waals surface area contributed by atoms with Crippen LogP contribution in [0.15, 0.2) is 0 Å². The van der Waals surface area contributed by atoms with Gasteiger partial charge >= 0.3 is 5.97 Å². The number of nitrogens with two attached hydrogens (primary N) is 1. The molecule has 0 spiro atoms. The molecule has 94 valence electrons. The highest BCUT2D eigenvalue weighted by Gasteiger charge is 2.16. The Morgan fingerprint density at radius 3 is 2.38 bits per heavy atom. The summed E-state index contributed by atoms with van der Waals surface area (Å²) in [5.74, 6) is -1.11. The first-order valence-electron chi connectivity index (χ1n) is 5.75. The van der Waals surface area contributed by atoms with Gasteiger partial charge in [0, 0.05) is 6.42 Å². The van der Waals surface area contributed by atoms with Gasteiger partial charge in [0.2, 0.25) is 5.91 Å². The van der Waals surface area contributed by atoms with Crippen LogP contribution in [0.3, 0.4) is 0 Å². The van der Waals surface area contributed by atoms with Crippen LogP contribution in [0.1, 0.15) is 39.5 Å². The molecule has 1 amide bonds. The topological polar surface area (TPSA) is 92.4 Å². The van der Waals surface area contributed by atoms with Crippen molar-refractivity contribution in [3.05, 3.63) is 0 Å². The van der Waals surface area contributed by atoms with E-state index >= 15 is 0 Å². The minimum Gasteiger partial charge on any atom is -0.481 e. The second-order valence-corrected chi connectivity index (χ2v) is 4.02. The van der Waals surface area contributed by atoms with Crippen molar-refractivity contribution in [2.24, 2.45) is 11.7 Å². The number of primary amides is 1. The quantitative estimate of drug-likeness (QED) is 0.544. The van der Waals surface area contributed by atoms with E-state index in [1.807, 2.05) is 13.8 Å². The van der Waals surface area contributed by atoms with Crippen molar-refractivity contribution in [3.63, 3.8) is 0 Å². The normalized spacial score (nSPS) is 14.4. The fourth-order valence-electron chi connectivity index (χ4n) is 1.69. The van der Waals surface area contributed by atoms with Crippen molar-refractivity contribution >= 4 is 11.9 Å². The Morgan fingerprint density at radius 2 is 2.00 bits per heavy atom. The first-order chi connectivity index (χ1) is 7.51. The monoisotopic (exact) mass is 230 g/mol. The lowest BCUT2D eigenvalue weighted by Gasteiger charge is -2.18. The SMILES string of the molecule is CCC[C@H](CNC(CC)C(N)=O)CC(=O)O. The summed E-state index contributed by atoms with van der Waals surface area (Å²) in [4.78, 5) is 21.6. The van der Waals surface area contributed by atoms with Gasteiger partial charge in [0.1, 0.15) is 0 Å². The number of nitrogens with one attached hydrogen (secondary N) is 1. The molecule has 0 aliphatic heterocycles. The third-order valence-electron chi connectivity index (χ3n) is 2.56. The Morgan fingerprint density at radius 1 is 1.38 bits per heavy atom. The molecule has 0 aromatic heterocycles. The van der Waals surface area contributed by atoms with E-state index < -0.39 is 5.97 Å². The molecule has 16 heavy (non-hydrogen) atoms. The number of rotatable bonds is 9. The molecule has 0 bridgehead atoms. The largest absolute Gasteiger partial charge is 0.481 e. The van der Waals surface area contributed by atoms with Crippen LogP contribution in [0.2, 0.25) is 0 Å². The Labute approximate surface area is 96.4 Å². The molecule has 0 saturated heterocycles. The summed E-state index contributed by atoms with van der Waals surface area (Å²) < 4.78 is 0. The Hall–Kier alpha value is -1.10. The Kier molecular flexibility index (Phi) is 7.54. The van der Waals surface area contributed by atoms with E-state index in [0.29, 0.717) is 13.0 Å². The van der Waals surface area contributed by atoms with Crippen LogP contribution in [-0.4, -0.2) is 29.6 Å². The highest BCUT2D eigenvalue weighted by Crippen LogP contribution is 2.10. The zero-order chi connectivity index (χ0) is 12.6. The minimum absolute atomic E-state index is 0.0656. The van der Waals surface area contributed by atoms with Gasteiger partial charge in [-0.3, -0.25) is 9.59 Å². The van der Waals surface area contributed by atoms with E-state index in [9.17, 15) is 9.59 Å². The number of hydrogen-bond acceptors (Lipinski definition) is 3. The molecule has 5 heteroatoms. The fourth-order valence-corrected chi connectivity index (χ4v) is 1.69. The molecule has 2 atom stereocenters. The molecule has 4 N–H and O–H groups in total. The van der Waals surface area contributed by atoms with Crippen molar-refractivity contribution in [2.45, 2.75) is 45.6 Å². The molecule has 0 heterocycles. The third-order valence-corrected chi connectivity index (χ3v) is 2.56. The van der Waals surface area contributed by atoms with Crippen LogP contribution < -0.4 is 11.1 Å². The number of carboxylic acid groups (broad SMARTS) is 1. The van der Waals surface area contributed by atoms with Gasteiger partial charge < -0.3 is 16.2 Å². The first-order valence-corrected chi connectivity index (χ1v) is 5.75. The summed E-state index contributed by atoms with van der Waals surface area (Å²) >= 11 is 0. The summed E-state index contributed by atoms with van der Waals surface area (Å²) in [5.41, 5.74) is 5.19. The van der Waals surface area contributed by atoms with Crippen LogP contribution in [0.5, 0.6) is 0 Å². The molecule has 0 aliphatic rings. The highest BCUT2D eigenvalue weighted by atomic mass is 16.4. The zero-order valence-electron chi connectivity index (χ0n) is 10.0. The standard InChI is InChI=1S/C11H22N2O3/c1-3-5-8(6-10(14)15)7-13-9(4-2)11(12)16/h8-9,13H,3-7H2,1-2H3,(H2,12,16)(H,14,15)/t8-,9?/m0/s1. The molecule has 1 unspecified atom stereocenters. The fraction of sp³-hybridized carbons (Fsp3) is 0.818. The van der Waals surface area contributed by atoms with Crippen molar-refractivity contribution in [3.8, 4) is 0 Å². The maximum Gasteiger partial charge on any atom is 0.303 e. The van der Waals surface area contributed by atoms with Gasteiger partial charge in [-0.05, 0) is 25.3 Å². The lowest BCUT2D eigenvalue weighted by atomic mass is 9.99. The van der Waals surface area contributed by atoms with Crippen LogP contribution in [0, 0.1) is 5.92 Å². The maximum atomic E-state index is 11.0. The lowest BCUT2D eigenvalue weighted by Crippen LogP contribution is -2.43. The predicted octanol–water partition coefficient (Wildman–Crippen LogP) is 0.731. The number of hydrogen-bond donors (Lipinski definition) is 3. The Bertz CT molecular complexity index is 231. The van der Waals surface area contributed by atoms with Gasteiger partial charge in [-0.1, -0.05) is 20.3 Å². The molecular weight excluding hydrogens is 208 g/mol. The number of aliphatic carboxylic acids is 1. The van der Waals surface area contributed by atoms with E-state index in [1.165, 1.54) is 0 Å². The zero-order valence-corrected chi connectivity index (χ0v) is 10.0. The van der Waals surface area contributed by atoms with E-state index in [-0.39, 0.29) is 24.3 Å². The second kappa shape index (κ2) is 8.10. The Balaban J connectivity index is 4.08. The van der Waals surface area contributed by atoms with E-state index in [2.05, 4.69) is 5.32 Å². The van der Waals surface area contributed by atoms with Crippen LogP contribution in [-0.2, 0) is 9.59 Å². The molecule has 0 saturated carbocycles. The third kappa shape index (κ3) is 6.40. The van der Waals surface area contributed by atoms with E-state index in [0.717, 1.165) is 12.8 Å². The molecule has 0 aliphatic carbocycles. The molecule has 0 rings (SSSR count). The molecule has 5 nitrogen and oxygen atoms in total. The average Bonchev–Trinajstić information content (AvgIpc) is 2.17.